The molecule has 0 aliphatic carbocycles. The van der Waals surface area contributed by atoms with Gasteiger partial charge < -0.3 is 14.9 Å². The monoisotopic (exact) mass is 243 g/mol. The molecule has 1 atom stereocenters. The summed E-state index contributed by atoms with van der Waals surface area (Å²) in [7, 11) is 0. The Balaban J connectivity index is 2.88. The number of hydrogen-bond acceptors (Lipinski definition) is 4. The molecule has 1 aliphatic heterocycles. The summed E-state index contributed by atoms with van der Waals surface area (Å²) in [5.41, 5.74) is -0.0677. The minimum Gasteiger partial charge on any atom is -0.478 e. The first kappa shape index (κ1) is 13.7. The zero-order valence-electron chi connectivity index (χ0n) is 9.76. The van der Waals surface area contributed by atoms with Crippen molar-refractivity contribution in [3.63, 3.8) is 0 Å². The molecular weight excluding hydrogens is 226 g/mol. The Labute approximate surface area is 99.5 Å². The Hall–Kier alpha value is -1.40. The van der Waals surface area contributed by atoms with Gasteiger partial charge in [0.05, 0.1) is 18.8 Å². The van der Waals surface area contributed by atoms with Gasteiger partial charge >= 0.3 is 11.9 Å². The number of hydrogen-bond donors (Lipinski definition) is 2. The maximum atomic E-state index is 11.1. The predicted octanol–water partition coefficient (Wildman–Crippen LogP) is 0.193. The number of morpholine rings is 1. The summed E-state index contributed by atoms with van der Waals surface area (Å²) < 4.78 is 5.19. The molecule has 1 aliphatic rings. The third-order valence-electron chi connectivity index (χ3n) is 2.76. The van der Waals surface area contributed by atoms with Crippen molar-refractivity contribution in [2.24, 2.45) is 0 Å². The lowest BCUT2D eigenvalue weighted by Crippen LogP contribution is -2.45. The molecule has 0 aromatic rings. The molecule has 2 N–H and O–H groups in total. The highest BCUT2D eigenvalue weighted by Crippen LogP contribution is 2.16. The van der Waals surface area contributed by atoms with Crippen LogP contribution in [0.25, 0.3) is 0 Å². The van der Waals surface area contributed by atoms with Gasteiger partial charge in [-0.25, -0.2) is 9.59 Å². The van der Waals surface area contributed by atoms with E-state index in [-0.39, 0.29) is 11.6 Å². The highest BCUT2D eigenvalue weighted by molar-refractivity contribution is 5.95. The molecular formula is C11H17NO5. The lowest BCUT2D eigenvalue weighted by atomic mass is 10.0. The van der Waals surface area contributed by atoms with Crippen molar-refractivity contribution in [2.75, 3.05) is 26.3 Å². The molecule has 0 spiro atoms. The van der Waals surface area contributed by atoms with E-state index in [1.165, 1.54) is 0 Å². The molecule has 6 heteroatoms. The van der Waals surface area contributed by atoms with Crippen LogP contribution < -0.4 is 0 Å². The average molecular weight is 243 g/mol. The smallest absolute Gasteiger partial charge is 0.333 e. The summed E-state index contributed by atoms with van der Waals surface area (Å²) in [6, 6.07) is -0.368. The molecule has 96 valence electrons. The van der Waals surface area contributed by atoms with Gasteiger partial charge in [0.1, 0.15) is 0 Å². The van der Waals surface area contributed by atoms with Gasteiger partial charge in [-0.1, -0.05) is 6.92 Å². The Kier molecular flexibility index (Phi) is 5.11. The quantitative estimate of drug-likeness (QED) is 0.670. The zero-order valence-corrected chi connectivity index (χ0v) is 9.76. The second-order valence-corrected chi connectivity index (χ2v) is 3.82. The summed E-state index contributed by atoms with van der Waals surface area (Å²) in [6.45, 7) is 4.21. The van der Waals surface area contributed by atoms with Crippen LogP contribution in [0, 0.1) is 0 Å². The fourth-order valence-corrected chi connectivity index (χ4v) is 2.00. The van der Waals surface area contributed by atoms with Crippen LogP contribution in [0.1, 0.15) is 13.3 Å². The van der Waals surface area contributed by atoms with Gasteiger partial charge in [-0.05, 0) is 6.42 Å². The predicted molar refractivity (Wildman–Crippen MR) is 59.8 cm³/mol. The molecule has 0 amide bonds. The van der Waals surface area contributed by atoms with Crippen molar-refractivity contribution >= 4 is 11.9 Å². The van der Waals surface area contributed by atoms with Gasteiger partial charge in [-0.3, -0.25) is 4.90 Å². The maximum Gasteiger partial charge on any atom is 0.333 e. The minimum absolute atomic E-state index is 0.0677. The first-order valence-electron chi connectivity index (χ1n) is 5.55. The van der Waals surface area contributed by atoms with Crippen molar-refractivity contribution < 1.29 is 24.5 Å². The van der Waals surface area contributed by atoms with Crippen LogP contribution in [-0.2, 0) is 14.3 Å². The highest BCUT2D eigenvalue weighted by Gasteiger charge is 2.27. The molecule has 0 aromatic carbocycles. The SMILES string of the molecule is CCC(C(=CC(=O)O)C(=O)O)N1CCOCC1. The Bertz CT molecular complexity index is 320. The van der Waals surface area contributed by atoms with E-state index in [0.29, 0.717) is 32.7 Å². The van der Waals surface area contributed by atoms with E-state index in [2.05, 4.69) is 0 Å². The molecule has 17 heavy (non-hydrogen) atoms. The van der Waals surface area contributed by atoms with Crippen LogP contribution in [0.3, 0.4) is 0 Å². The van der Waals surface area contributed by atoms with Crippen LogP contribution in [0.2, 0.25) is 0 Å². The molecule has 1 heterocycles. The number of rotatable bonds is 5. The number of aliphatic carboxylic acids is 2. The lowest BCUT2D eigenvalue weighted by Gasteiger charge is -2.34. The molecule has 0 bridgehead atoms. The fraction of sp³-hybridized carbons (Fsp3) is 0.636. The van der Waals surface area contributed by atoms with Crippen molar-refractivity contribution in [1.29, 1.82) is 0 Å². The van der Waals surface area contributed by atoms with E-state index in [9.17, 15) is 9.59 Å². The van der Waals surface area contributed by atoms with Gasteiger partial charge in [0.2, 0.25) is 0 Å². The molecule has 0 saturated carbocycles. The van der Waals surface area contributed by atoms with Crippen LogP contribution in [-0.4, -0.2) is 59.4 Å². The van der Waals surface area contributed by atoms with E-state index in [1.54, 1.807) is 0 Å². The third-order valence-corrected chi connectivity index (χ3v) is 2.76. The Morgan fingerprint density at radius 2 is 1.94 bits per heavy atom. The number of ether oxygens (including phenoxy) is 1. The van der Waals surface area contributed by atoms with E-state index >= 15 is 0 Å². The third kappa shape index (κ3) is 3.83. The number of carboxylic acids is 2. The number of carboxylic acid groups (broad SMARTS) is 2. The molecule has 6 nitrogen and oxygen atoms in total. The molecule has 1 unspecified atom stereocenters. The largest absolute Gasteiger partial charge is 0.478 e. The molecule has 1 saturated heterocycles. The Morgan fingerprint density at radius 3 is 2.35 bits per heavy atom. The van der Waals surface area contributed by atoms with Gasteiger partial charge in [0, 0.05) is 25.2 Å². The Morgan fingerprint density at radius 1 is 1.35 bits per heavy atom. The first-order valence-corrected chi connectivity index (χ1v) is 5.55. The fourth-order valence-electron chi connectivity index (χ4n) is 2.00. The van der Waals surface area contributed by atoms with Gasteiger partial charge in [0.15, 0.2) is 0 Å². The molecule has 0 aromatic heterocycles. The normalized spacial score (nSPS) is 19.9. The number of carbonyl (C=O) groups is 2. The highest BCUT2D eigenvalue weighted by atomic mass is 16.5. The summed E-state index contributed by atoms with van der Waals surface area (Å²) >= 11 is 0. The van der Waals surface area contributed by atoms with E-state index < -0.39 is 11.9 Å². The summed E-state index contributed by atoms with van der Waals surface area (Å²) in [5, 5.41) is 17.8. The summed E-state index contributed by atoms with van der Waals surface area (Å²) in [4.78, 5) is 23.7. The summed E-state index contributed by atoms with van der Waals surface area (Å²) in [6.07, 6.45) is 1.34. The van der Waals surface area contributed by atoms with Crippen molar-refractivity contribution in [2.45, 2.75) is 19.4 Å². The second-order valence-electron chi connectivity index (χ2n) is 3.82. The van der Waals surface area contributed by atoms with Crippen LogP contribution >= 0.6 is 0 Å². The number of nitrogens with zero attached hydrogens (tertiary/aromatic N) is 1. The van der Waals surface area contributed by atoms with Crippen molar-refractivity contribution in [1.82, 2.24) is 4.90 Å². The second kappa shape index (κ2) is 6.36. The van der Waals surface area contributed by atoms with E-state index in [4.69, 9.17) is 14.9 Å². The minimum atomic E-state index is -1.23. The zero-order chi connectivity index (χ0) is 12.8. The molecule has 1 fully saturated rings. The van der Waals surface area contributed by atoms with Crippen LogP contribution in [0.5, 0.6) is 0 Å². The van der Waals surface area contributed by atoms with E-state index in [1.807, 2.05) is 11.8 Å². The summed E-state index contributed by atoms with van der Waals surface area (Å²) in [5.74, 6) is -2.40. The van der Waals surface area contributed by atoms with Crippen LogP contribution in [0.15, 0.2) is 11.6 Å². The first-order chi connectivity index (χ1) is 8.06. The lowest BCUT2D eigenvalue weighted by molar-refractivity contribution is -0.136. The standard InChI is InChI=1S/C11H17NO5/c1-2-9(12-3-5-17-6-4-12)8(11(15)16)7-10(13)14/h7,9H,2-6H2,1H3,(H,13,14)(H,15,16). The van der Waals surface area contributed by atoms with Crippen LogP contribution in [0.4, 0.5) is 0 Å². The van der Waals surface area contributed by atoms with Crippen molar-refractivity contribution in [3.05, 3.63) is 11.6 Å². The maximum absolute atomic E-state index is 11.1. The van der Waals surface area contributed by atoms with Gasteiger partial charge in [0.25, 0.3) is 0 Å². The molecule has 1 rings (SSSR count). The topological polar surface area (TPSA) is 87.1 Å². The van der Waals surface area contributed by atoms with Crippen molar-refractivity contribution in [3.8, 4) is 0 Å². The molecule has 0 radical (unpaired) electrons. The average Bonchev–Trinajstić information content (AvgIpc) is 2.29. The van der Waals surface area contributed by atoms with Gasteiger partial charge in [-0.15, -0.1) is 0 Å². The van der Waals surface area contributed by atoms with E-state index in [0.717, 1.165) is 6.08 Å². The van der Waals surface area contributed by atoms with Gasteiger partial charge in [-0.2, -0.15) is 0 Å².